The molecule has 0 N–H and O–H groups in total. The number of fused-ring (bicyclic) bond motifs is 1. The smallest absolute Gasteiger partial charge is 0.266 e. The molecule has 3 rings (SSSR count). The third kappa shape index (κ3) is 3.46. The van der Waals surface area contributed by atoms with E-state index in [2.05, 4.69) is 55.8 Å². The number of allylic oxidation sites excluding steroid dienone is 1. The number of amides is 1. The van der Waals surface area contributed by atoms with Crippen molar-refractivity contribution in [1.82, 2.24) is 4.90 Å². The molecule has 0 aromatic heterocycles. The van der Waals surface area contributed by atoms with Crippen molar-refractivity contribution in [3.63, 3.8) is 0 Å². The number of carbonyl (C=O) groups excluding carboxylic acids is 1. The summed E-state index contributed by atoms with van der Waals surface area (Å²) < 4.78 is 5.71. The van der Waals surface area contributed by atoms with Crippen LogP contribution in [-0.2, 0) is 4.79 Å². The summed E-state index contributed by atoms with van der Waals surface area (Å²) >= 11 is 1.39. The van der Waals surface area contributed by atoms with E-state index in [1.54, 1.807) is 26.1 Å². The zero-order valence-corrected chi connectivity index (χ0v) is 18.6. The van der Waals surface area contributed by atoms with E-state index in [9.17, 15) is 4.79 Å². The fraction of sp³-hybridized carbons (Fsp3) is 0.455. The molecule has 0 radical (unpaired) electrons. The molecule has 5 nitrogen and oxygen atoms in total. The summed E-state index contributed by atoms with van der Waals surface area (Å²) in [5.41, 5.74) is 4.47. The Kier molecular flexibility index (Phi) is 5.62. The second kappa shape index (κ2) is 7.66. The van der Waals surface area contributed by atoms with Crippen LogP contribution >= 0.6 is 11.8 Å². The van der Waals surface area contributed by atoms with Crippen molar-refractivity contribution in [2.24, 2.45) is 4.99 Å². The number of hydrogen-bond acceptors (Lipinski definition) is 5. The molecule has 150 valence electrons. The summed E-state index contributed by atoms with van der Waals surface area (Å²) in [6.45, 7) is 9.81. The number of ether oxygens (including phenoxy) is 1. The third-order valence-corrected chi connectivity index (χ3v) is 6.41. The molecule has 28 heavy (non-hydrogen) atoms. The predicted octanol–water partition coefficient (Wildman–Crippen LogP) is 4.64. The lowest BCUT2D eigenvalue weighted by Crippen LogP contribution is -2.45. The van der Waals surface area contributed by atoms with Crippen molar-refractivity contribution >= 4 is 40.2 Å². The van der Waals surface area contributed by atoms with Crippen LogP contribution in [0, 0.1) is 0 Å². The first-order valence-electron chi connectivity index (χ1n) is 9.57. The quantitative estimate of drug-likeness (QED) is 0.692. The van der Waals surface area contributed by atoms with Crippen LogP contribution in [0.25, 0.3) is 11.6 Å². The molecule has 0 saturated carbocycles. The summed E-state index contributed by atoms with van der Waals surface area (Å²) in [7, 11) is 5.13. The summed E-state index contributed by atoms with van der Waals surface area (Å²) in [4.78, 5) is 21.4. The third-order valence-electron chi connectivity index (χ3n) is 5.26. The molecule has 2 heterocycles. The molecule has 6 heteroatoms. The highest BCUT2D eigenvalue weighted by Gasteiger charge is 2.33. The average Bonchev–Trinajstić information content (AvgIpc) is 2.92. The normalized spacial score (nSPS) is 21.4. The summed E-state index contributed by atoms with van der Waals surface area (Å²) in [6.07, 6.45) is 5.30. The predicted molar refractivity (Wildman–Crippen MR) is 120 cm³/mol. The maximum absolute atomic E-state index is 12.5. The van der Waals surface area contributed by atoms with Gasteiger partial charge in [-0.15, -0.1) is 0 Å². The van der Waals surface area contributed by atoms with Gasteiger partial charge >= 0.3 is 0 Å². The number of benzene rings is 1. The largest absolute Gasteiger partial charge is 0.496 e. The van der Waals surface area contributed by atoms with Crippen molar-refractivity contribution in [1.29, 1.82) is 0 Å². The van der Waals surface area contributed by atoms with Crippen LogP contribution in [-0.4, -0.2) is 49.3 Å². The molecule has 0 unspecified atom stereocenters. The number of likely N-dealkylation sites (N-methyl/N-ethyl adjacent to an activating group) is 1. The van der Waals surface area contributed by atoms with Crippen molar-refractivity contribution in [2.45, 2.75) is 39.7 Å². The fourth-order valence-electron chi connectivity index (χ4n) is 3.93. The number of hydrogen-bond donors (Lipinski definition) is 0. The van der Waals surface area contributed by atoms with Gasteiger partial charge < -0.3 is 9.64 Å². The van der Waals surface area contributed by atoms with Crippen molar-refractivity contribution in [2.75, 3.05) is 32.6 Å². The summed E-state index contributed by atoms with van der Waals surface area (Å²) in [6, 6.07) is 4.25. The number of rotatable bonds is 4. The van der Waals surface area contributed by atoms with Gasteiger partial charge in [-0.25, -0.2) is 0 Å². The van der Waals surface area contributed by atoms with Gasteiger partial charge in [0.05, 0.1) is 17.6 Å². The van der Waals surface area contributed by atoms with Gasteiger partial charge in [-0.1, -0.05) is 13.0 Å². The number of methoxy groups -OCH3 is 1. The topological polar surface area (TPSA) is 45.1 Å². The lowest BCUT2D eigenvalue weighted by Gasteiger charge is -2.43. The minimum Gasteiger partial charge on any atom is -0.496 e. The Morgan fingerprint density at radius 3 is 2.61 bits per heavy atom. The van der Waals surface area contributed by atoms with Gasteiger partial charge in [0.15, 0.2) is 5.17 Å². The standard InChI is InChI=1S/C22H29N3O2S/c1-8-9-25-17-12-18(27-7)15(10-16(17)14(2)13-22(25,3)4)11-19-20(26)24(6)21(23-5)28-19/h10-13H,8-9H2,1-7H3/b19-11+,23-21?. The van der Waals surface area contributed by atoms with E-state index < -0.39 is 0 Å². The van der Waals surface area contributed by atoms with E-state index in [1.165, 1.54) is 28.6 Å². The van der Waals surface area contributed by atoms with E-state index in [0.717, 1.165) is 24.3 Å². The fourth-order valence-corrected chi connectivity index (χ4v) is 4.85. The van der Waals surface area contributed by atoms with Crippen molar-refractivity contribution < 1.29 is 9.53 Å². The minimum absolute atomic E-state index is 0.0358. The SMILES string of the molecule is CCCN1c2cc(OC)c(/C=C3/SC(=NC)N(C)C3=O)cc2C(C)=CC1(C)C. The van der Waals surface area contributed by atoms with Crippen LogP contribution in [0.1, 0.15) is 45.2 Å². The maximum Gasteiger partial charge on any atom is 0.266 e. The second-order valence-electron chi connectivity index (χ2n) is 7.72. The van der Waals surface area contributed by atoms with Crippen LogP contribution in [0.3, 0.4) is 0 Å². The molecule has 0 aliphatic carbocycles. The van der Waals surface area contributed by atoms with Gasteiger partial charge in [-0.3, -0.25) is 14.7 Å². The maximum atomic E-state index is 12.5. The Hall–Kier alpha value is -2.21. The van der Waals surface area contributed by atoms with E-state index in [-0.39, 0.29) is 11.4 Å². The Labute approximate surface area is 172 Å². The molecule has 0 atom stereocenters. The van der Waals surface area contributed by atoms with Gasteiger partial charge in [-0.05, 0) is 56.7 Å². The van der Waals surface area contributed by atoms with E-state index >= 15 is 0 Å². The number of carbonyl (C=O) groups is 1. The first-order valence-corrected chi connectivity index (χ1v) is 10.4. The number of anilines is 1. The molecule has 0 spiro atoms. The van der Waals surface area contributed by atoms with Crippen LogP contribution in [0.4, 0.5) is 5.69 Å². The van der Waals surface area contributed by atoms with Crippen LogP contribution in [0.2, 0.25) is 0 Å². The van der Waals surface area contributed by atoms with Crippen LogP contribution in [0.5, 0.6) is 5.75 Å². The second-order valence-corrected chi connectivity index (χ2v) is 8.73. The number of aliphatic imine (C=N–C) groups is 1. The highest BCUT2D eigenvalue weighted by molar-refractivity contribution is 8.18. The van der Waals surface area contributed by atoms with Crippen LogP contribution in [0.15, 0.2) is 28.1 Å². The average molecular weight is 400 g/mol. The molecule has 1 aromatic rings. The van der Waals surface area contributed by atoms with E-state index in [0.29, 0.717) is 10.1 Å². The number of amidine groups is 1. The van der Waals surface area contributed by atoms with E-state index in [1.807, 2.05) is 6.08 Å². The molecule has 0 bridgehead atoms. The zero-order chi connectivity index (χ0) is 20.6. The Bertz CT molecular complexity index is 899. The van der Waals surface area contributed by atoms with Gasteiger partial charge in [-0.2, -0.15) is 0 Å². The molecule has 1 aromatic carbocycles. The summed E-state index contributed by atoms with van der Waals surface area (Å²) in [5.74, 6) is 0.738. The van der Waals surface area contributed by atoms with Gasteiger partial charge in [0.2, 0.25) is 0 Å². The Morgan fingerprint density at radius 1 is 1.32 bits per heavy atom. The van der Waals surface area contributed by atoms with Crippen LogP contribution < -0.4 is 9.64 Å². The summed E-state index contributed by atoms with van der Waals surface area (Å²) in [5, 5.41) is 0.708. The highest BCUT2D eigenvalue weighted by Crippen LogP contribution is 2.43. The van der Waals surface area contributed by atoms with Gasteiger partial charge in [0, 0.05) is 43.5 Å². The first kappa shape index (κ1) is 20.5. The molecule has 1 amide bonds. The zero-order valence-electron chi connectivity index (χ0n) is 17.8. The van der Waals surface area contributed by atoms with Gasteiger partial charge in [0.25, 0.3) is 5.91 Å². The highest BCUT2D eigenvalue weighted by atomic mass is 32.2. The number of nitrogens with zero attached hydrogens (tertiary/aromatic N) is 3. The molecular weight excluding hydrogens is 370 g/mol. The lowest BCUT2D eigenvalue weighted by molar-refractivity contribution is -0.121. The molecule has 1 fully saturated rings. The van der Waals surface area contributed by atoms with Gasteiger partial charge in [0.1, 0.15) is 5.75 Å². The monoisotopic (exact) mass is 399 g/mol. The lowest BCUT2D eigenvalue weighted by atomic mass is 9.87. The molecule has 2 aliphatic rings. The molecular formula is C22H29N3O2S. The Morgan fingerprint density at radius 2 is 2.04 bits per heavy atom. The minimum atomic E-state index is -0.0510. The van der Waals surface area contributed by atoms with Crippen molar-refractivity contribution in [3.05, 3.63) is 34.2 Å². The molecule has 1 saturated heterocycles. The number of thioether (sulfide) groups is 1. The van der Waals surface area contributed by atoms with E-state index in [4.69, 9.17) is 4.74 Å². The first-order chi connectivity index (χ1) is 13.2. The molecule has 2 aliphatic heterocycles. The van der Waals surface area contributed by atoms with Crippen molar-refractivity contribution in [3.8, 4) is 5.75 Å². The Balaban J connectivity index is 2.13.